The fraction of sp³-hybridized carbons (Fsp3) is 0.231. The molecule has 2 aromatic carbocycles. The van der Waals surface area contributed by atoms with Crippen molar-refractivity contribution in [3.8, 4) is 0 Å². The monoisotopic (exact) mass is 476 g/mol. The van der Waals surface area contributed by atoms with Crippen LogP contribution >= 0.6 is 11.3 Å². The molecule has 34 heavy (non-hydrogen) atoms. The van der Waals surface area contributed by atoms with E-state index in [0.717, 1.165) is 17.5 Å². The first kappa shape index (κ1) is 23.5. The second-order valence-electron chi connectivity index (χ2n) is 7.95. The zero-order chi connectivity index (χ0) is 24.1. The van der Waals surface area contributed by atoms with E-state index in [1.165, 1.54) is 29.0 Å². The number of thiophene rings is 1. The Bertz CT molecular complexity index is 1390. The lowest BCUT2D eigenvalue weighted by atomic mass is 10.0. The van der Waals surface area contributed by atoms with E-state index in [4.69, 9.17) is 9.84 Å². The highest BCUT2D eigenvalue weighted by molar-refractivity contribution is 7.16. The van der Waals surface area contributed by atoms with E-state index >= 15 is 0 Å². The molecular weight excluding hydrogens is 452 g/mol. The molecule has 4 aromatic rings. The van der Waals surface area contributed by atoms with Crippen molar-refractivity contribution in [2.45, 2.75) is 39.4 Å². The fourth-order valence-electron chi connectivity index (χ4n) is 3.65. The van der Waals surface area contributed by atoms with Crippen molar-refractivity contribution in [1.82, 2.24) is 9.97 Å². The number of nitrogens with one attached hydrogen (secondary N) is 1. The van der Waals surface area contributed by atoms with Crippen LogP contribution in [0.4, 0.5) is 0 Å². The number of H-pyrrole nitrogens is 1. The van der Waals surface area contributed by atoms with Gasteiger partial charge in [0.1, 0.15) is 4.83 Å². The van der Waals surface area contributed by atoms with E-state index in [1.807, 2.05) is 17.5 Å². The Labute approximate surface area is 200 Å². The van der Waals surface area contributed by atoms with Crippen LogP contribution in [-0.2, 0) is 30.8 Å². The molecule has 8 heteroatoms. The van der Waals surface area contributed by atoms with Gasteiger partial charge in [0.15, 0.2) is 11.6 Å². The molecule has 2 N–H and O–H groups in total. The maximum absolute atomic E-state index is 12.7. The van der Waals surface area contributed by atoms with E-state index in [9.17, 15) is 14.4 Å². The number of nitrogens with zero attached hydrogens (tertiary/aromatic N) is 1. The number of hydrogen-bond acceptors (Lipinski definition) is 6. The van der Waals surface area contributed by atoms with Crippen LogP contribution in [0.5, 0.6) is 0 Å². The van der Waals surface area contributed by atoms with Crippen LogP contribution in [0.15, 0.2) is 58.7 Å². The Kier molecular flexibility index (Phi) is 7.30. The molecule has 7 nitrogen and oxygen atoms in total. The third kappa shape index (κ3) is 5.47. The fourth-order valence-corrected chi connectivity index (χ4v) is 4.57. The maximum atomic E-state index is 12.7. The van der Waals surface area contributed by atoms with E-state index in [0.29, 0.717) is 22.2 Å². The molecule has 4 rings (SSSR count). The summed E-state index contributed by atoms with van der Waals surface area (Å²) < 4.78 is 5.72. The minimum Gasteiger partial charge on any atom is -0.478 e. The maximum Gasteiger partial charge on any atom is 0.335 e. The van der Waals surface area contributed by atoms with Crippen LogP contribution < -0.4 is 5.56 Å². The molecule has 2 aromatic heterocycles. The van der Waals surface area contributed by atoms with E-state index < -0.39 is 5.97 Å². The minimum atomic E-state index is -0.979. The Morgan fingerprint density at radius 3 is 2.56 bits per heavy atom. The summed E-state index contributed by atoms with van der Waals surface area (Å²) >= 11 is 1.30. The van der Waals surface area contributed by atoms with Crippen LogP contribution in [-0.4, -0.2) is 26.8 Å². The first-order valence-electron chi connectivity index (χ1n) is 11.0. The smallest absolute Gasteiger partial charge is 0.335 e. The van der Waals surface area contributed by atoms with Gasteiger partial charge in [-0.1, -0.05) is 43.3 Å². The molecule has 0 amide bonds. The van der Waals surface area contributed by atoms with Crippen molar-refractivity contribution in [2.75, 3.05) is 0 Å². The summed E-state index contributed by atoms with van der Waals surface area (Å²) in [5, 5.41) is 11.2. The minimum absolute atomic E-state index is 0.0805. The first-order chi connectivity index (χ1) is 16.4. The number of Topliss-reactive ketones (excluding diaryl/α,β-unsaturated/α-hetero) is 1. The van der Waals surface area contributed by atoms with E-state index in [2.05, 4.69) is 29.0 Å². The molecule has 0 saturated heterocycles. The molecule has 0 radical (unpaired) electrons. The Balaban J connectivity index is 1.40. The molecule has 0 aliphatic heterocycles. The number of carbonyl (C=O) groups excluding carboxylic acids is 1. The lowest BCUT2D eigenvalue weighted by molar-refractivity contribution is 0.0696. The highest BCUT2D eigenvalue weighted by Crippen LogP contribution is 2.22. The summed E-state index contributed by atoms with van der Waals surface area (Å²) in [5.41, 5.74) is 3.70. The number of ether oxygens (including phenoxy) is 1. The summed E-state index contributed by atoms with van der Waals surface area (Å²) in [5.74, 6) is -1.10. The van der Waals surface area contributed by atoms with Crippen LogP contribution in [0, 0.1) is 0 Å². The van der Waals surface area contributed by atoms with E-state index in [1.54, 1.807) is 12.1 Å². The van der Waals surface area contributed by atoms with Gasteiger partial charge in [-0.3, -0.25) is 9.59 Å². The number of carboxylic acid groups (broad SMARTS) is 1. The topological polar surface area (TPSA) is 109 Å². The summed E-state index contributed by atoms with van der Waals surface area (Å²) in [7, 11) is 0. The van der Waals surface area contributed by atoms with Gasteiger partial charge in [-0.2, -0.15) is 0 Å². The second kappa shape index (κ2) is 10.5. The number of ketones is 1. The molecule has 2 heterocycles. The number of fused-ring (bicyclic) bond motifs is 1. The van der Waals surface area contributed by atoms with Crippen molar-refractivity contribution in [1.29, 1.82) is 0 Å². The van der Waals surface area contributed by atoms with Gasteiger partial charge in [-0.25, -0.2) is 9.78 Å². The molecule has 0 unspecified atom stereocenters. The van der Waals surface area contributed by atoms with Crippen LogP contribution in [0.2, 0.25) is 0 Å². The summed E-state index contributed by atoms with van der Waals surface area (Å²) in [6, 6.07) is 14.6. The number of aromatic amines is 1. The highest BCUT2D eigenvalue weighted by Gasteiger charge is 2.16. The highest BCUT2D eigenvalue weighted by atomic mass is 32.1. The molecule has 0 fully saturated rings. The van der Waals surface area contributed by atoms with Gasteiger partial charge >= 0.3 is 5.97 Å². The molecule has 0 aliphatic carbocycles. The Morgan fingerprint density at radius 2 is 1.82 bits per heavy atom. The Morgan fingerprint density at radius 1 is 1.06 bits per heavy atom. The SMILES string of the molecule is CCc1cccc(CCC(=O)c2nc3scc(COCc4ccc(C(=O)O)cc4)c3c(=O)[nH]2)c1. The van der Waals surface area contributed by atoms with Crippen molar-refractivity contribution >= 4 is 33.3 Å². The van der Waals surface area contributed by atoms with Gasteiger partial charge in [-0.05, 0) is 47.0 Å². The number of rotatable bonds is 10. The number of carboxylic acids is 1. The molecule has 0 bridgehead atoms. The van der Waals surface area contributed by atoms with Crippen molar-refractivity contribution < 1.29 is 19.4 Å². The number of hydrogen-bond donors (Lipinski definition) is 2. The quantitative estimate of drug-likeness (QED) is 0.319. The summed E-state index contributed by atoms with van der Waals surface area (Å²) in [6.07, 6.45) is 1.80. The number of carbonyl (C=O) groups is 2. The second-order valence-corrected chi connectivity index (χ2v) is 8.81. The van der Waals surface area contributed by atoms with Crippen molar-refractivity contribution in [2.24, 2.45) is 0 Å². The van der Waals surface area contributed by atoms with Gasteiger partial charge in [-0.15, -0.1) is 11.3 Å². The average molecular weight is 477 g/mol. The lowest BCUT2D eigenvalue weighted by Gasteiger charge is -2.05. The summed E-state index contributed by atoms with van der Waals surface area (Å²) in [4.78, 5) is 43.9. The van der Waals surface area contributed by atoms with Crippen molar-refractivity contribution in [3.05, 3.63) is 97.9 Å². The first-order valence-corrected chi connectivity index (χ1v) is 11.8. The van der Waals surface area contributed by atoms with Gasteiger partial charge in [0, 0.05) is 12.0 Å². The van der Waals surface area contributed by atoms with Gasteiger partial charge in [0.2, 0.25) is 0 Å². The third-order valence-corrected chi connectivity index (χ3v) is 6.47. The van der Waals surface area contributed by atoms with Crippen molar-refractivity contribution in [3.63, 3.8) is 0 Å². The molecule has 174 valence electrons. The number of aromatic carboxylic acids is 1. The zero-order valence-electron chi connectivity index (χ0n) is 18.7. The largest absolute Gasteiger partial charge is 0.478 e. The van der Waals surface area contributed by atoms with E-state index in [-0.39, 0.29) is 42.4 Å². The predicted octanol–water partition coefficient (Wildman–Crippen LogP) is 4.78. The Hall–Kier alpha value is -3.62. The molecule has 0 saturated carbocycles. The standard InChI is InChI=1S/C26H24N2O5S/c1-2-16-4-3-5-17(12-16)8-11-21(29)23-27-24(30)22-20(15-34-25(22)28-23)14-33-13-18-6-9-19(10-7-18)26(31)32/h3-7,9-10,12,15H,2,8,11,13-14H2,1H3,(H,31,32)(H,27,28,30). The predicted molar refractivity (Wildman–Crippen MR) is 131 cm³/mol. The lowest BCUT2D eigenvalue weighted by Crippen LogP contribution is -2.16. The third-order valence-electron chi connectivity index (χ3n) is 5.55. The van der Waals surface area contributed by atoms with Gasteiger partial charge in [0.05, 0.1) is 24.2 Å². The number of benzene rings is 2. The van der Waals surface area contributed by atoms with Crippen LogP contribution in [0.3, 0.4) is 0 Å². The number of aromatic nitrogens is 2. The van der Waals surface area contributed by atoms with Crippen LogP contribution in [0.25, 0.3) is 10.2 Å². The normalized spacial score (nSPS) is 11.1. The zero-order valence-corrected chi connectivity index (χ0v) is 19.5. The molecular formula is C26H24N2O5S. The van der Waals surface area contributed by atoms with Gasteiger partial charge < -0.3 is 14.8 Å². The van der Waals surface area contributed by atoms with Crippen LogP contribution in [0.1, 0.15) is 56.6 Å². The molecule has 0 spiro atoms. The molecule has 0 atom stereocenters. The number of aryl methyl sites for hydroxylation is 2. The molecule has 0 aliphatic rings. The van der Waals surface area contributed by atoms with Gasteiger partial charge in [0.25, 0.3) is 5.56 Å². The average Bonchev–Trinajstić information content (AvgIpc) is 3.26. The summed E-state index contributed by atoms with van der Waals surface area (Å²) in [6.45, 7) is 2.57.